The zero-order valence-electron chi connectivity index (χ0n) is 7.98. The molecular weight excluding hydrogens is 153 g/mol. The highest BCUT2D eigenvalue weighted by molar-refractivity contribution is 4.74. The van der Waals surface area contributed by atoms with Crippen molar-refractivity contribution in [1.82, 2.24) is 5.32 Å². The largest absolute Gasteiger partial charge is 0.317 e. The van der Waals surface area contributed by atoms with Crippen molar-refractivity contribution >= 4 is 0 Å². The van der Waals surface area contributed by atoms with E-state index in [4.69, 9.17) is 0 Å². The van der Waals surface area contributed by atoms with Gasteiger partial charge in [-0.3, -0.25) is 0 Å². The van der Waals surface area contributed by atoms with E-state index in [0.29, 0.717) is 5.92 Å². The Morgan fingerprint density at radius 2 is 1.67 bits per heavy atom. The highest BCUT2D eigenvalue weighted by Crippen LogP contribution is 2.28. The number of rotatable bonds is 0. The third kappa shape index (κ3) is 4.05. The molecule has 1 aliphatic heterocycles. The molecule has 0 atom stereocenters. The fraction of sp³-hybridized carbons (Fsp3) is 1.00. The Morgan fingerprint density at radius 3 is 1.75 bits per heavy atom. The monoisotopic (exact) mass is 173 g/mol. The summed E-state index contributed by atoms with van der Waals surface area (Å²) in [7, 11) is 0. The molecule has 12 heavy (non-hydrogen) atoms. The molecule has 0 aromatic carbocycles. The Kier molecular flexibility index (Phi) is 4.59. The maximum absolute atomic E-state index is 11.8. The van der Waals surface area contributed by atoms with E-state index in [9.17, 15) is 4.39 Å². The van der Waals surface area contributed by atoms with Gasteiger partial charge in [0.15, 0.2) is 0 Å². The summed E-state index contributed by atoms with van der Waals surface area (Å²) in [6.45, 7) is 4.58. The average Bonchev–Trinajstić information content (AvgIpc) is 2.07. The first-order chi connectivity index (χ1) is 5.79. The first kappa shape index (κ1) is 9.97. The predicted molar refractivity (Wildman–Crippen MR) is 50.0 cm³/mol. The molecule has 2 aliphatic rings. The van der Waals surface area contributed by atoms with Crippen LogP contribution in [0.25, 0.3) is 0 Å². The minimum absolute atomic E-state index is 0.458. The lowest BCUT2D eigenvalue weighted by atomic mass is 9.85. The quantitative estimate of drug-likeness (QED) is 0.593. The van der Waals surface area contributed by atoms with Gasteiger partial charge in [0.2, 0.25) is 0 Å². The summed E-state index contributed by atoms with van der Waals surface area (Å²) in [4.78, 5) is 0. The van der Waals surface area contributed by atoms with Gasteiger partial charge < -0.3 is 5.32 Å². The van der Waals surface area contributed by atoms with Crippen LogP contribution >= 0.6 is 0 Å². The van der Waals surface area contributed by atoms with Gasteiger partial charge >= 0.3 is 0 Å². The molecule has 0 amide bonds. The molecule has 1 saturated carbocycles. The Morgan fingerprint density at radius 1 is 1.08 bits per heavy atom. The van der Waals surface area contributed by atoms with Gasteiger partial charge in [0.1, 0.15) is 6.17 Å². The van der Waals surface area contributed by atoms with E-state index in [0.717, 1.165) is 12.8 Å². The normalized spacial score (nSPS) is 34.5. The van der Waals surface area contributed by atoms with Crippen molar-refractivity contribution < 1.29 is 4.39 Å². The van der Waals surface area contributed by atoms with E-state index in [1.807, 2.05) is 0 Å². The van der Waals surface area contributed by atoms with Crippen LogP contribution in [0.1, 0.15) is 39.0 Å². The third-order valence-electron chi connectivity index (χ3n) is 2.52. The molecule has 0 radical (unpaired) electrons. The predicted octanol–water partition coefficient (Wildman–Crippen LogP) is 2.51. The van der Waals surface area contributed by atoms with Gasteiger partial charge in [0.05, 0.1) is 0 Å². The molecule has 2 fully saturated rings. The standard InChI is InChI=1S/C5H9F.C5H11N/c1-4-2-5(6)3-4;1-2-4-6-5-3-1/h4-5H,2-3H2,1H3;6H,1-5H2. The average molecular weight is 173 g/mol. The van der Waals surface area contributed by atoms with E-state index >= 15 is 0 Å². The summed E-state index contributed by atoms with van der Waals surface area (Å²) >= 11 is 0. The lowest BCUT2D eigenvalue weighted by Crippen LogP contribution is -2.21. The third-order valence-corrected chi connectivity index (χ3v) is 2.52. The summed E-state index contributed by atoms with van der Waals surface area (Å²) in [6, 6.07) is 0. The van der Waals surface area contributed by atoms with Crippen LogP contribution in [0.3, 0.4) is 0 Å². The molecule has 1 heterocycles. The smallest absolute Gasteiger partial charge is 0.101 e. The molecule has 1 N–H and O–H groups in total. The van der Waals surface area contributed by atoms with Gasteiger partial charge in [-0.1, -0.05) is 13.3 Å². The maximum Gasteiger partial charge on any atom is 0.101 e. The van der Waals surface area contributed by atoms with Crippen molar-refractivity contribution in [2.24, 2.45) is 5.92 Å². The number of piperidine rings is 1. The van der Waals surface area contributed by atoms with Crippen LogP contribution < -0.4 is 5.32 Å². The Hall–Kier alpha value is -0.110. The molecule has 1 saturated heterocycles. The van der Waals surface area contributed by atoms with E-state index in [1.54, 1.807) is 0 Å². The van der Waals surface area contributed by atoms with Crippen LogP contribution in [-0.2, 0) is 0 Å². The fourth-order valence-electron chi connectivity index (χ4n) is 1.61. The number of hydrogen-bond acceptors (Lipinski definition) is 1. The van der Waals surface area contributed by atoms with Crippen LogP contribution in [0.4, 0.5) is 4.39 Å². The van der Waals surface area contributed by atoms with Gasteiger partial charge in [-0.2, -0.15) is 0 Å². The summed E-state index contributed by atoms with van der Waals surface area (Å²) in [5, 5.41) is 3.28. The van der Waals surface area contributed by atoms with Crippen molar-refractivity contribution in [3.05, 3.63) is 0 Å². The summed E-state index contributed by atoms with van der Waals surface area (Å²) in [6.07, 6.45) is 5.37. The first-order valence-electron chi connectivity index (χ1n) is 5.14. The first-order valence-corrected chi connectivity index (χ1v) is 5.14. The van der Waals surface area contributed by atoms with Gasteiger partial charge in [0, 0.05) is 0 Å². The molecule has 0 bridgehead atoms. The molecule has 0 unspecified atom stereocenters. The molecule has 0 spiro atoms. The van der Waals surface area contributed by atoms with Gasteiger partial charge in [0.25, 0.3) is 0 Å². The molecule has 2 heteroatoms. The second-order valence-corrected chi connectivity index (χ2v) is 3.98. The summed E-state index contributed by atoms with van der Waals surface area (Å²) in [5.74, 6) is 0.667. The second-order valence-electron chi connectivity index (χ2n) is 3.98. The van der Waals surface area contributed by atoms with Crippen LogP contribution in [-0.4, -0.2) is 19.3 Å². The van der Waals surface area contributed by atoms with E-state index in [-0.39, 0.29) is 0 Å². The molecule has 2 rings (SSSR count). The lowest BCUT2D eigenvalue weighted by molar-refractivity contribution is 0.144. The number of halogens is 1. The lowest BCUT2D eigenvalue weighted by Gasteiger charge is -2.24. The van der Waals surface area contributed by atoms with Gasteiger partial charge in [-0.15, -0.1) is 0 Å². The van der Waals surface area contributed by atoms with Crippen LogP contribution in [0, 0.1) is 5.92 Å². The number of nitrogens with one attached hydrogen (secondary N) is 1. The molecular formula is C10H20FN. The van der Waals surface area contributed by atoms with Crippen molar-refractivity contribution in [2.45, 2.75) is 45.2 Å². The molecule has 0 aromatic heterocycles. The van der Waals surface area contributed by atoms with Crippen LogP contribution in [0.2, 0.25) is 0 Å². The van der Waals surface area contributed by atoms with Crippen LogP contribution in [0.5, 0.6) is 0 Å². The zero-order chi connectivity index (χ0) is 8.81. The highest BCUT2D eigenvalue weighted by atomic mass is 19.1. The molecule has 0 aromatic rings. The summed E-state index contributed by atoms with van der Waals surface area (Å²) in [5.41, 5.74) is 0. The zero-order valence-corrected chi connectivity index (χ0v) is 7.98. The van der Waals surface area contributed by atoms with E-state index < -0.39 is 6.17 Å². The van der Waals surface area contributed by atoms with Crippen molar-refractivity contribution in [3.8, 4) is 0 Å². The Balaban J connectivity index is 0.000000120. The van der Waals surface area contributed by atoms with Crippen molar-refractivity contribution in [2.75, 3.05) is 13.1 Å². The minimum Gasteiger partial charge on any atom is -0.317 e. The number of alkyl halides is 1. The minimum atomic E-state index is -0.458. The topological polar surface area (TPSA) is 12.0 Å². The van der Waals surface area contributed by atoms with E-state index in [2.05, 4.69) is 12.2 Å². The molecule has 1 aliphatic carbocycles. The fourth-order valence-corrected chi connectivity index (χ4v) is 1.61. The Labute approximate surface area is 74.7 Å². The van der Waals surface area contributed by atoms with E-state index in [1.165, 1.54) is 32.4 Å². The van der Waals surface area contributed by atoms with Crippen LogP contribution in [0.15, 0.2) is 0 Å². The molecule has 1 nitrogen and oxygen atoms in total. The maximum atomic E-state index is 11.8. The number of hydrogen-bond donors (Lipinski definition) is 1. The van der Waals surface area contributed by atoms with Gasteiger partial charge in [-0.05, 0) is 44.7 Å². The Bertz CT molecular complexity index is 88.9. The second kappa shape index (κ2) is 5.52. The van der Waals surface area contributed by atoms with Gasteiger partial charge in [-0.25, -0.2) is 4.39 Å². The van der Waals surface area contributed by atoms with Crippen molar-refractivity contribution in [3.63, 3.8) is 0 Å². The van der Waals surface area contributed by atoms with Crippen molar-refractivity contribution in [1.29, 1.82) is 0 Å². The highest BCUT2D eigenvalue weighted by Gasteiger charge is 2.23. The summed E-state index contributed by atoms with van der Waals surface area (Å²) < 4.78 is 11.8. The molecule has 72 valence electrons. The SMILES string of the molecule is C1CCNCC1.CC1CC(F)C1.